The zero-order valence-electron chi connectivity index (χ0n) is 11.0. The van der Waals surface area contributed by atoms with Crippen LogP contribution in [0.2, 0.25) is 10.0 Å². The van der Waals surface area contributed by atoms with E-state index in [1.165, 1.54) is 12.1 Å². The molecule has 4 nitrogen and oxygen atoms in total. The number of hydrazone groups is 1. The Hall–Kier alpha value is -1.56. The van der Waals surface area contributed by atoms with Gasteiger partial charge in [-0.1, -0.05) is 41.4 Å². The number of sulfonamides is 1. The number of hydrogen-bond acceptors (Lipinski definition) is 3. The van der Waals surface area contributed by atoms with Gasteiger partial charge in [-0.2, -0.15) is 18.4 Å². The van der Waals surface area contributed by atoms with Crippen molar-refractivity contribution in [3.05, 3.63) is 64.1 Å². The van der Waals surface area contributed by atoms with Crippen LogP contribution in [0.1, 0.15) is 12.5 Å². The molecule has 7 heteroatoms. The molecule has 0 atom stereocenters. The molecule has 0 bridgehead atoms. The molecule has 0 saturated heterocycles. The topological polar surface area (TPSA) is 58.5 Å². The third kappa shape index (κ3) is 3.97. The maximum Gasteiger partial charge on any atom is 0.276 e. The second-order valence-corrected chi connectivity index (χ2v) is 6.73. The van der Waals surface area contributed by atoms with Crippen LogP contribution in [0.4, 0.5) is 0 Å². The van der Waals surface area contributed by atoms with Crippen molar-refractivity contribution in [2.24, 2.45) is 5.10 Å². The van der Waals surface area contributed by atoms with Crippen molar-refractivity contribution in [1.29, 1.82) is 0 Å². The Morgan fingerprint density at radius 3 is 2.43 bits per heavy atom. The highest BCUT2D eigenvalue weighted by atomic mass is 35.5. The molecule has 0 heterocycles. The van der Waals surface area contributed by atoms with Gasteiger partial charge in [-0.3, -0.25) is 0 Å². The van der Waals surface area contributed by atoms with Crippen LogP contribution in [-0.4, -0.2) is 14.1 Å². The van der Waals surface area contributed by atoms with Gasteiger partial charge in [0.15, 0.2) is 0 Å². The standard InChI is InChI=1S/C14H12Cl2N2O2S/c1-10(13-9-11(15)7-8-14(13)16)17-18-21(19,20)12-5-3-2-4-6-12/h2-9,18H,1H3/b17-10-. The van der Waals surface area contributed by atoms with Crippen molar-refractivity contribution in [3.8, 4) is 0 Å². The summed E-state index contributed by atoms with van der Waals surface area (Å²) in [6, 6.07) is 12.9. The summed E-state index contributed by atoms with van der Waals surface area (Å²) >= 11 is 11.9. The van der Waals surface area contributed by atoms with E-state index in [9.17, 15) is 8.42 Å². The van der Waals surface area contributed by atoms with Gasteiger partial charge >= 0.3 is 0 Å². The quantitative estimate of drug-likeness (QED) is 0.680. The van der Waals surface area contributed by atoms with Gasteiger partial charge in [0.1, 0.15) is 0 Å². The molecule has 0 saturated carbocycles. The molecule has 0 aliphatic heterocycles. The number of nitrogens with one attached hydrogen (secondary N) is 1. The van der Waals surface area contributed by atoms with Gasteiger partial charge in [0.25, 0.3) is 10.0 Å². The van der Waals surface area contributed by atoms with Crippen molar-refractivity contribution in [1.82, 2.24) is 4.83 Å². The number of benzene rings is 2. The van der Waals surface area contributed by atoms with E-state index in [0.717, 1.165) is 0 Å². The maximum absolute atomic E-state index is 12.0. The Kier molecular flexibility index (Phi) is 4.88. The van der Waals surface area contributed by atoms with Crippen LogP contribution < -0.4 is 4.83 Å². The van der Waals surface area contributed by atoms with E-state index in [0.29, 0.717) is 21.3 Å². The molecular formula is C14H12Cl2N2O2S. The summed E-state index contributed by atoms with van der Waals surface area (Å²) in [7, 11) is -3.70. The molecule has 1 N–H and O–H groups in total. The van der Waals surface area contributed by atoms with Crippen LogP contribution in [0, 0.1) is 0 Å². The Balaban J connectivity index is 2.27. The average molecular weight is 343 g/mol. The molecule has 0 fully saturated rings. The van der Waals surface area contributed by atoms with Crippen LogP contribution in [0.15, 0.2) is 58.5 Å². The lowest BCUT2D eigenvalue weighted by atomic mass is 10.1. The summed E-state index contributed by atoms with van der Waals surface area (Å²) < 4.78 is 24.1. The molecule has 21 heavy (non-hydrogen) atoms. The summed E-state index contributed by atoms with van der Waals surface area (Å²) in [5, 5.41) is 4.82. The summed E-state index contributed by atoms with van der Waals surface area (Å²) in [5.74, 6) is 0. The fourth-order valence-electron chi connectivity index (χ4n) is 1.62. The minimum Gasteiger partial charge on any atom is -0.200 e. The van der Waals surface area contributed by atoms with Gasteiger partial charge in [0.05, 0.1) is 10.6 Å². The second-order valence-electron chi connectivity index (χ2n) is 4.23. The van der Waals surface area contributed by atoms with Gasteiger partial charge in [-0.05, 0) is 37.3 Å². The summed E-state index contributed by atoms with van der Waals surface area (Å²) in [5.41, 5.74) is 0.988. The van der Waals surface area contributed by atoms with Gasteiger partial charge in [-0.15, -0.1) is 0 Å². The molecule has 0 aliphatic rings. The number of rotatable bonds is 4. The van der Waals surface area contributed by atoms with Crippen LogP contribution in [0.25, 0.3) is 0 Å². The van der Waals surface area contributed by atoms with Gasteiger partial charge in [0.2, 0.25) is 0 Å². The highest BCUT2D eigenvalue weighted by Crippen LogP contribution is 2.21. The molecular weight excluding hydrogens is 331 g/mol. The van der Waals surface area contributed by atoms with Crippen molar-refractivity contribution in [2.45, 2.75) is 11.8 Å². The van der Waals surface area contributed by atoms with Crippen molar-refractivity contribution in [3.63, 3.8) is 0 Å². The maximum atomic E-state index is 12.0. The smallest absolute Gasteiger partial charge is 0.200 e. The van der Waals surface area contributed by atoms with Crippen molar-refractivity contribution < 1.29 is 8.42 Å². The van der Waals surface area contributed by atoms with E-state index in [1.54, 1.807) is 43.3 Å². The molecule has 2 aromatic carbocycles. The largest absolute Gasteiger partial charge is 0.276 e. The molecule has 0 radical (unpaired) electrons. The van der Waals surface area contributed by atoms with E-state index in [2.05, 4.69) is 9.93 Å². The summed E-state index contributed by atoms with van der Waals surface area (Å²) in [6.45, 7) is 1.64. The number of halogens is 2. The molecule has 0 spiro atoms. The fraction of sp³-hybridized carbons (Fsp3) is 0.0714. The van der Waals surface area contributed by atoms with Gasteiger partial charge in [0, 0.05) is 15.6 Å². The van der Waals surface area contributed by atoms with E-state index in [1.807, 2.05) is 0 Å². The van der Waals surface area contributed by atoms with E-state index in [-0.39, 0.29) is 4.90 Å². The molecule has 0 aliphatic carbocycles. The SMILES string of the molecule is C/C(=N/NS(=O)(=O)c1ccccc1)c1cc(Cl)ccc1Cl. The van der Waals surface area contributed by atoms with E-state index >= 15 is 0 Å². The zero-order chi connectivity index (χ0) is 15.5. The lowest BCUT2D eigenvalue weighted by Crippen LogP contribution is -2.20. The minimum atomic E-state index is -3.70. The highest BCUT2D eigenvalue weighted by Gasteiger charge is 2.12. The Morgan fingerprint density at radius 1 is 1.10 bits per heavy atom. The lowest BCUT2D eigenvalue weighted by Gasteiger charge is -2.07. The Labute approximate surface area is 133 Å². The third-order valence-electron chi connectivity index (χ3n) is 2.71. The molecule has 0 aromatic heterocycles. The Bertz CT molecular complexity index is 775. The first-order valence-corrected chi connectivity index (χ1v) is 8.20. The first kappa shape index (κ1) is 15.8. The second kappa shape index (κ2) is 6.47. The Morgan fingerprint density at radius 2 is 1.76 bits per heavy atom. The molecule has 0 amide bonds. The van der Waals surface area contributed by atoms with Crippen LogP contribution >= 0.6 is 23.2 Å². The molecule has 0 unspecified atom stereocenters. The molecule has 2 aromatic rings. The van der Waals surface area contributed by atoms with Gasteiger partial charge < -0.3 is 0 Å². The zero-order valence-corrected chi connectivity index (χ0v) is 13.4. The summed E-state index contributed by atoms with van der Waals surface area (Å²) in [4.78, 5) is 2.32. The van der Waals surface area contributed by atoms with E-state index in [4.69, 9.17) is 23.2 Å². The van der Waals surface area contributed by atoms with Crippen molar-refractivity contribution >= 4 is 38.9 Å². The van der Waals surface area contributed by atoms with E-state index < -0.39 is 10.0 Å². The minimum absolute atomic E-state index is 0.138. The highest BCUT2D eigenvalue weighted by molar-refractivity contribution is 7.89. The molecule has 2 rings (SSSR count). The van der Waals surface area contributed by atoms with Gasteiger partial charge in [-0.25, -0.2) is 0 Å². The lowest BCUT2D eigenvalue weighted by molar-refractivity contribution is 0.584. The normalized spacial score (nSPS) is 12.2. The number of hydrogen-bond donors (Lipinski definition) is 1. The first-order chi connectivity index (χ1) is 9.90. The van der Waals surface area contributed by atoms with Crippen LogP contribution in [0.3, 0.4) is 0 Å². The first-order valence-electron chi connectivity index (χ1n) is 5.97. The van der Waals surface area contributed by atoms with Crippen LogP contribution in [-0.2, 0) is 10.0 Å². The monoisotopic (exact) mass is 342 g/mol. The van der Waals surface area contributed by atoms with Crippen molar-refractivity contribution in [2.75, 3.05) is 0 Å². The average Bonchev–Trinajstić information content (AvgIpc) is 2.48. The fourth-order valence-corrected chi connectivity index (χ4v) is 2.92. The van der Waals surface area contributed by atoms with Crippen LogP contribution in [0.5, 0.6) is 0 Å². The predicted octanol–water partition coefficient (Wildman–Crippen LogP) is 3.70. The third-order valence-corrected chi connectivity index (χ3v) is 4.49. The predicted molar refractivity (Wildman–Crippen MR) is 85.4 cm³/mol. The number of nitrogens with zero attached hydrogens (tertiary/aromatic N) is 1. The summed E-state index contributed by atoms with van der Waals surface area (Å²) in [6.07, 6.45) is 0. The molecule has 110 valence electrons.